The average molecular weight is 423 g/mol. The van der Waals surface area contributed by atoms with Crippen LogP contribution in [0.5, 0.6) is 0 Å². The molecule has 4 aromatic rings. The molecule has 0 radical (unpaired) electrons. The Balaban J connectivity index is 1.25. The lowest BCUT2D eigenvalue weighted by molar-refractivity contribution is 0.186. The third kappa shape index (κ3) is 3.83. The number of hydrogen-bond acceptors (Lipinski definition) is 7. The SMILES string of the molecule is O=c1cc(CN2CCC(c3nc(-c4ccccn4)no3)CC2)nc2ccc(Cl)cn12. The number of halogens is 1. The van der Waals surface area contributed by atoms with E-state index in [0.717, 1.165) is 31.6 Å². The van der Waals surface area contributed by atoms with Gasteiger partial charge >= 0.3 is 0 Å². The van der Waals surface area contributed by atoms with Gasteiger partial charge < -0.3 is 4.52 Å². The maximum atomic E-state index is 12.4. The van der Waals surface area contributed by atoms with E-state index in [-0.39, 0.29) is 11.5 Å². The van der Waals surface area contributed by atoms with Crippen molar-refractivity contribution in [2.45, 2.75) is 25.3 Å². The van der Waals surface area contributed by atoms with E-state index in [1.165, 1.54) is 4.40 Å². The standard InChI is InChI=1S/C21H19ClN6O2/c22-15-4-5-18-24-16(11-19(29)28(18)12-15)13-27-9-6-14(7-10-27)21-25-20(26-30-21)17-3-1-2-8-23-17/h1-5,8,11-12,14H,6-7,9-10,13H2. The molecule has 0 aromatic carbocycles. The van der Waals surface area contributed by atoms with Crippen LogP contribution in [-0.2, 0) is 6.54 Å². The maximum absolute atomic E-state index is 12.4. The summed E-state index contributed by atoms with van der Waals surface area (Å²) in [5, 5.41) is 4.58. The zero-order chi connectivity index (χ0) is 20.5. The molecule has 30 heavy (non-hydrogen) atoms. The van der Waals surface area contributed by atoms with E-state index in [1.807, 2.05) is 18.2 Å². The van der Waals surface area contributed by atoms with Crippen LogP contribution in [0.4, 0.5) is 0 Å². The molecule has 1 aliphatic heterocycles. The van der Waals surface area contributed by atoms with Crippen LogP contribution >= 0.6 is 11.6 Å². The number of hydrogen-bond donors (Lipinski definition) is 0. The molecular weight excluding hydrogens is 404 g/mol. The number of rotatable bonds is 4. The van der Waals surface area contributed by atoms with Gasteiger partial charge in [0.25, 0.3) is 5.56 Å². The van der Waals surface area contributed by atoms with Crippen LogP contribution in [0.3, 0.4) is 0 Å². The molecule has 5 heterocycles. The highest BCUT2D eigenvalue weighted by Crippen LogP contribution is 2.28. The van der Waals surface area contributed by atoms with Crippen molar-refractivity contribution in [2.24, 2.45) is 0 Å². The molecule has 0 aliphatic carbocycles. The van der Waals surface area contributed by atoms with Crippen LogP contribution in [0.1, 0.15) is 30.3 Å². The summed E-state index contributed by atoms with van der Waals surface area (Å²) in [7, 11) is 0. The molecule has 0 amide bonds. The predicted octanol–water partition coefficient (Wildman–Crippen LogP) is 3.17. The molecule has 1 fully saturated rings. The fourth-order valence-electron chi connectivity index (χ4n) is 3.77. The fourth-order valence-corrected chi connectivity index (χ4v) is 3.93. The Morgan fingerprint density at radius 1 is 1.13 bits per heavy atom. The summed E-state index contributed by atoms with van der Waals surface area (Å²) in [5.74, 6) is 1.41. The van der Waals surface area contributed by atoms with E-state index in [1.54, 1.807) is 30.6 Å². The number of likely N-dealkylation sites (tertiary alicyclic amines) is 1. The Morgan fingerprint density at radius 3 is 2.80 bits per heavy atom. The molecule has 0 N–H and O–H groups in total. The molecule has 8 nitrogen and oxygen atoms in total. The molecule has 9 heteroatoms. The lowest BCUT2D eigenvalue weighted by atomic mass is 9.96. The van der Waals surface area contributed by atoms with Crippen LogP contribution in [0, 0.1) is 0 Å². The van der Waals surface area contributed by atoms with Crippen molar-refractivity contribution in [3.05, 3.63) is 75.8 Å². The summed E-state index contributed by atoms with van der Waals surface area (Å²) >= 11 is 5.97. The zero-order valence-corrected chi connectivity index (χ0v) is 16.9. The first-order valence-corrected chi connectivity index (χ1v) is 10.2. The molecule has 152 valence electrons. The van der Waals surface area contributed by atoms with Gasteiger partial charge in [0.05, 0.1) is 10.7 Å². The maximum Gasteiger partial charge on any atom is 0.258 e. The van der Waals surface area contributed by atoms with Gasteiger partial charge in [-0.15, -0.1) is 0 Å². The van der Waals surface area contributed by atoms with E-state index < -0.39 is 0 Å². The van der Waals surface area contributed by atoms with Gasteiger partial charge in [-0.1, -0.05) is 22.8 Å². The van der Waals surface area contributed by atoms with Crippen molar-refractivity contribution >= 4 is 17.2 Å². The second kappa shape index (κ2) is 7.97. The lowest BCUT2D eigenvalue weighted by Crippen LogP contribution is -2.33. The van der Waals surface area contributed by atoms with Gasteiger partial charge in [0, 0.05) is 30.9 Å². The molecule has 1 saturated heterocycles. The van der Waals surface area contributed by atoms with Gasteiger partial charge in [0.15, 0.2) is 0 Å². The summed E-state index contributed by atoms with van der Waals surface area (Å²) in [5.41, 5.74) is 1.95. The van der Waals surface area contributed by atoms with Crippen LogP contribution < -0.4 is 5.56 Å². The summed E-state index contributed by atoms with van der Waals surface area (Å²) in [6, 6.07) is 10.7. The minimum absolute atomic E-state index is 0.125. The number of fused-ring (bicyclic) bond motifs is 1. The van der Waals surface area contributed by atoms with Crippen molar-refractivity contribution in [2.75, 3.05) is 13.1 Å². The smallest absolute Gasteiger partial charge is 0.258 e. The highest BCUT2D eigenvalue weighted by molar-refractivity contribution is 6.30. The Kier molecular flexibility index (Phi) is 5.02. The number of pyridine rings is 2. The largest absolute Gasteiger partial charge is 0.339 e. The average Bonchev–Trinajstić information content (AvgIpc) is 3.26. The highest BCUT2D eigenvalue weighted by Gasteiger charge is 2.26. The van der Waals surface area contributed by atoms with Crippen molar-refractivity contribution < 1.29 is 4.52 Å². The molecule has 0 saturated carbocycles. The van der Waals surface area contributed by atoms with E-state index in [4.69, 9.17) is 16.1 Å². The molecular formula is C21H19ClN6O2. The van der Waals surface area contributed by atoms with Crippen LogP contribution in [0.15, 0.2) is 58.1 Å². The van der Waals surface area contributed by atoms with Crippen LogP contribution in [-0.4, -0.2) is 42.5 Å². The topological polar surface area (TPSA) is 89.4 Å². The number of piperidine rings is 1. The van der Waals surface area contributed by atoms with E-state index in [9.17, 15) is 4.79 Å². The Morgan fingerprint density at radius 2 is 2.00 bits per heavy atom. The molecule has 0 spiro atoms. The van der Waals surface area contributed by atoms with Gasteiger partial charge in [-0.3, -0.25) is 19.1 Å². The molecule has 5 rings (SSSR count). The second-order valence-electron chi connectivity index (χ2n) is 7.38. The third-order valence-corrected chi connectivity index (χ3v) is 5.56. The normalized spacial score (nSPS) is 15.6. The van der Waals surface area contributed by atoms with Gasteiger partial charge in [0.2, 0.25) is 11.7 Å². The summed E-state index contributed by atoms with van der Waals surface area (Å²) < 4.78 is 6.96. The van der Waals surface area contributed by atoms with E-state index in [0.29, 0.717) is 34.6 Å². The quantitative estimate of drug-likeness (QED) is 0.499. The van der Waals surface area contributed by atoms with Crippen molar-refractivity contribution in [3.63, 3.8) is 0 Å². The van der Waals surface area contributed by atoms with Gasteiger partial charge in [-0.05, 0) is 50.2 Å². The predicted molar refractivity (Wildman–Crippen MR) is 111 cm³/mol. The minimum atomic E-state index is -0.125. The van der Waals surface area contributed by atoms with Crippen molar-refractivity contribution in [1.29, 1.82) is 0 Å². The molecule has 4 aromatic heterocycles. The summed E-state index contributed by atoms with van der Waals surface area (Å²) in [6.07, 6.45) is 5.12. The molecule has 0 unspecified atom stereocenters. The van der Waals surface area contributed by atoms with E-state index in [2.05, 4.69) is 25.0 Å². The molecule has 0 atom stereocenters. The zero-order valence-electron chi connectivity index (χ0n) is 16.1. The minimum Gasteiger partial charge on any atom is -0.339 e. The van der Waals surface area contributed by atoms with Crippen molar-refractivity contribution in [3.8, 4) is 11.5 Å². The van der Waals surface area contributed by atoms with Gasteiger partial charge in [-0.25, -0.2) is 4.98 Å². The second-order valence-corrected chi connectivity index (χ2v) is 7.82. The molecule has 0 bridgehead atoms. The first-order valence-electron chi connectivity index (χ1n) is 9.81. The summed E-state index contributed by atoms with van der Waals surface area (Å²) in [4.78, 5) is 28.1. The Labute approximate surface area is 177 Å². The van der Waals surface area contributed by atoms with Crippen LogP contribution in [0.2, 0.25) is 5.02 Å². The Bertz CT molecular complexity index is 1230. The number of aromatic nitrogens is 5. The van der Waals surface area contributed by atoms with Gasteiger partial charge in [0.1, 0.15) is 11.3 Å². The first-order chi connectivity index (χ1) is 14.7. The number of nitrogens with zero attached hydrogens (tertiary/aromatic N) is 6. The first kappa shape index (κ1) is 18.9. The van der Waals surface area contributed by atoms with Gasteiger partial charge in [-0.2, -0.15) is 4.98 Å². The monoisotopic (exact) mass is 422 g/mol. The highest BCUT2D eigenvalue weighted by atomic mass is 35.5. The van der Waals surface area contributed by atoms with Crippen molar-refractivity contribution in [1.82, 2.24) is 29.4 Å². The molecule has 1 aliphatic rings. The fraction of sp³-hybridized carbons (Fsp3) is 0.286. The lowest BCUT2D eigenvalue weighted by Gasteiger charge is -2.29. The summed E-state index contributed by atoms with van der Waals surface area (Å²) in [6.45, 7) is 2.37. The van der Waals surface area contributed by atoms with Crippen LogP contribution in [0.25, 0.3) is 17.2 Å². The third-order valence-electron chi connectivity index (χ3n) is 5.33. The Hall–Kier alpha value is -3.10. The van der Waals surface area contributed by atoms with E-state index >= 15 is 0 Å².